The number of nitrogens with zero attached hydrogens (tertiary/aromatic N) is 2. The Morgan fingerprint density at radius 1 is 1.10 bits per heavy atom. The molecule has 1 atom stereocenters. The summed E-state index contributed by atoms with van der Waals surface area (Å²) in [5, 5.41) is 3.99. The number of benzene rings is 1. The Bertz CT molecular complexity index is 596. The van der Waals surface area contributed by atoms with Gasteiger partial charge in [0, 0.05) is 17.5 Å². The zero-order valence-corrected chi connectivity index (χ0v) is 13.8. The quantitative estimate of drug-likeness (QED) is 0.820. The third-order valence-corrected chi connectivity index (χ3v) is 3.76. The van der Waals surface area contributed by atoms with Crippen molar-refractivity contribution in [1.29, 1.82) is 0 Å². The molecule has 0 saturated carbocycles. The zero-order valence-electron chi connectivity index (χ0n) is 13.0. The molecule has 0 radical (unpaired) electrons. The molecule has 1 aromatic heterocycles. The molecule has 0 aliphatic rings. The van der Waals surface area contributed by atoms with Gasteiger partial charge in [0.15, 0.2) is 0 Å². The van der Waals surface area contributed by atoms with Gasteiger partial charge in [-0.15, -0.1) is 0 Å². The van der Waals surface area contributed by atoms with E-state index in [1.807, 2.05) is 13.0 Å². The van der Waals surface area contributed by atoms with Crippen molar-refractivity contribution < 1.29 is 0 Å². The molecule has 1 heterocycles. The van der Waals surface area contributed by atoms with E-state index < -0.39 is 0 Å². The largest absolute Gasteiger partial charge is 0.367 e. The molecule has 2 aromatic rings. The minimum absolute atomic E-state index is 0.257. The first-order chi connectivity index (χ1) is 9.97. The van der Waals surface area contributed by atoms with Gasteiger partial charge in [0.1, 0.15) is 16.8 Å². The van der Waals surface area contributed by atoms with E-state index in [1.165, 1.54) is 5.56 Å². The van der Waals surface area contributed by atoms with Crippen LogP contribution in [0.4, 0.5) is 5.82 Å². The Hall–Kier alpha value is -1.61. The number of aromatic nitrogens is 2. The molecule has 2 rings (SSSR count). The summed E-state index contributed by atoms with van der Waals surface area (Å²) in [5.41, 5.74) is 2.21. The molecule has 0 fully saturated rings. The van der Waals surface area contributed by atoms with Crippen LogP contribution in [0.15, 0.2) is 30.3 Å². The highest BCUT2D eigenvalue weighted by Gasteiger charge is 2.13. The normalized spacial score (nSPS) is 12.5. The lowest BCUT2D eigenvalue weighted by molar-refractivity contribution is 0.750. The molecule has 1 unspecified atom stereocenters. The Labute approximate surface area is 131 Å². The predicted octanol–water partition coefficient (Wildman–Crippen LogP) is 4.60. The molecule has 0 saturated heterocycles. The minimum Gasteiger partial charge on any atom is -0.367 e. The van der Waals surface area contributed by atoms with Gasteiger partial charge in [0.25, 0.3) is 0 Å². The van der Waals surface area contributed by atoms with Crippen LogP contribution in [0.3, 0.4) is 0 Å². The maximum atomic E-state index is 6.22. The van der Waals surface area contributed by atoms with Crippen LogP contribution < -0.4 is 5.32 Å². The number of hydrogen-bond acceptors (Lipinski definition) is 3. The van der Waals surface area contributed by atoms with Gasteiger partial charge in [-0.3, -0.25) is 0 Å². The average Bonchev–Trinajstić information content (AvgIpc) is 2.44. The fourth-order valence-electron chi connectivity index (χ4n) is 2.16. The van der Waals surface area contributed by atoms with Crippen LogP contribution in [0.5, 0.6) is 0 Å². The van der Waals surface area contributed by atoms with Crippen molar-refractivity contribution >= 4 is 17.4 Å². The molecule has 0 spiro atoms. The van der Waals surface area contributed by atoms with Gasteiger partial charge in [-0.1, -0.05) is 55.8 Å². The number of anilines is 1. The molecule has 0 amide bonds. The summed E-state index contributed by atoms with van der Waals surface area (Å²) < 4.78 is 0. The van der Waals surface area contributed by atoms with Crippen molar-refractivity contribution in [2.24, 2.45) is 0 Å². The van der Waals surface area contributed by atoms with Gasteiger partial charge >= 0.3 is 0 Å². The molecule has 112 valence electrons. The highest BCUT2D eigenvalue weighted by molar-refractivity contribution is 6.30. The average molecular weight is 304 g/mol. The molecule has 1 aromatic carbocycles. The Balaban J connectivity index is 2.15. The second-order valence-electron chi connectivity index (χ2n) is 5.74. The minimum atomic E-state index is 0.257. The first kappa shape index (κ1) is 15.8. The number of halogens is 1. The lowest BCUT2D eigenvalue weighted by atomic mass is 10.1. The van der Waals surface area contributed by atoms with Gasteiger partial charge in [0.2, 0.25) is 0 Å². The van der Waals surface area contributed by atoms with E-state index >= 15 is 0 Å². The lowest BCUT2D eigenvalue weighted by Crippen LogP contribution is -2.20. The summed E-state index contributed by atoms with van der Waals surface area (Å²) in [6.07, 6.45) is 0.943. The molecule has 0 aliphatic heterocycles. The number of hydrogen-bond donors (Lipinski definition) is 1. The molecule has 1 N–H and O–H groups in total. The zero-order chi connectivity index (χ0) is 15.4. The van der Waals surface area contributed by atoms with Crippen molar-refractivity contribution in [3.05, 3.63) is 52.4 Å². The first-order valence-corrected chi connectivity index (χ1v) is 7.69. The topological polar surface area (TPSA) is 37.8 Å². The predicted molar refractivity (Wildman–Crippen MR) is 89.1 cm³/mol. The van der Waals surface area contributed by atoms with E-state index in [-0.39, 0.29) is 12.0 Å². The third kappa shape index (κ3) is 4.18. The fourth-order valence-corrected chi connectivity index (χ4v) is 2.33. The van der Waals surface area contributed by atoms with E-state index in [2.05, 4.69) is 60.3 Å². The van der Waals surface area contributed by atoms with Crippen LogP contribution in [-0.4, -0.2) is 16.0 Å². The van der Waals surface area contributed by atoms with Crippen LogP contribution in [0, 0.1) is 6.92 Å². The highest BCUT2D eigenvalue weighted by Crippen LogP contribution is 2.23. The fraction of sp³-hybridized carbons (Fsp3) is 0.412. The summed E-state index contributed by atoms with van der Waals surface area (Å²) in [6.45, 7) is 8.23. The summed E-state index contributed by atoms with van der Waals surface area (Å²) >= 11 is 6.22. The van der Waals surface area contributed by atoms with E-state index in [9.17, 15) is 0 Å². The summed E-state index contributed by atoms with van der Waals surface area (Å²) in [6, 6.07) is 10.7. The van der Waals surface area contributed by atoms with E-state index in [0.717, 1.165) is 23.6 Å². The second kappa shape index (κ2) is 6.90. The summed E-state index contributed by atoms with van der Waals surface area (Å²) in [7, 11) is 0. The van der Waals surface area contributed by atoms with Crippen molar-refractivity contribution in [3.8, 4) is 0 Å². The Morgan fingerprint density at radius 3 is 2.38 bits per heavy atom. The first-order valence-electron chi connectivity index (χ1n) is 7.32. The van der Waals surface area contributed by atoms with E-state index in [1.54, 1.807) is 0 Å². The lowest BCUT2D eigenvalue weighted by Gasteiger charge is -2.18. The maximum absolute atomic E-state index is 6.22. The van der Waals surface area contributed by atoms with Crippen LogP contribution in [-0.2, 0) is 6.42 Å². The molecule has 21 heavy (non-hydrogen) atoms. The number of rotatable bonds is 5. The number of nitrogens with one attached hydrogen (secondary N) is 1. The van der Waals surface area contributed by atoms with Gasteiger partial charge in [-0.05, 0) is 25.8 Å². The monoisotopic (exact) mass is 303 g/mol. The van der Waals surface area contributed by atoms with Gasteiger partial charge < -0.3 is 5.32 Å². The molecule has 0 bridgehead atoms. The molecular weight excluding hydrogens is 282 g/mol. The summed E-state index contributed by atoms with van der Waals surface area (Å²) in [4.78, 5) is 8.95. The van der Waals surface area contributed by atoms with Crippen molar-refractivity contribution in [2.75, 3.05) is 5.32 Å². The van der Waals surface area contributed by atoms with Gasteiger partial charge in [-0.25, -0.2) is 9.97 Å². The van der Waals surface area contributed by atoms with Crippen LogP contribution in [0.25, 0.3) is 0 Å². The summed E-state index contributed by atoms with van der Waals surface area (Å²) in [5.74, 6) is 1.87. The molecule has 3 nitrogen and oxygen atoms in total. The van der Waals surface area contributed by atoms with Crippen molar-refractivity contribution in [1.82, 2.24) is 9.97 Å². The maximum Gasteiger partial charge on any atom is 0.137 e. The van der Waals surface area contributed by atoms with Crippen LogP contribution in [0.1, 0.15) is 43.6 Å². The van der Waals surface area contributed by atoms with E-state index in [0.29, 0.717) is 5.15 Å². The van der Waals surface area contributed by atoms with Crippen LogP contribution >= 0.6 is 11.6 Å². The molecule has 4 heteroatoms. The second-order valence-corrected chi connectivity index (χ2v) is 6.09. The SMILES string of the molecule is Cc1c(Cl)nc(C(C)C)nc1NC(C)Cc1ccccc1. The van der Waals surface area contributed by atoms with Gasteiger partial charge in [0.05, 0.1) is 0 Å². The third-order valence-electron chi connectivity index (χ3n) is 3.39. The highest BCUT2D eigenvalue weighted by atomic mass is 35.5. The molecule has 0 aliphatic carbocycles. The van der Waals surface area contributed by atoms with Crippen LogP contribution in [0.2, 0.25) is 5.15 Å². The Morgan fingerprint density at radius 2 is 1.76 bits per heavy atom. The Kier molecular flexibility index (Phi) is 5.18. The van der Waals surface area contributed by atoms with Crippen molar-refractivity contribution in [3.63, 3.8) is 0 Å². The smallest absolute Gasteiger partial charge is 0.137 e. The van der Waals surface area contributed by atoms with Crippen molar-refractivity contribution in [2.45, 2.75) is 46.1 Å². The van der Waals surface area contributed by atoms with Gasteiger partial charge in [-0.2, -0.15) is 0 Å². The molecular formula is C17H22ClN3. The van der Waals surface area contributed by atoms with E-state index in [4.69, 9.17) is 11.6 Å². The standard InChI is InChI=1S/C17H22ClN3/c1-11(2)16-20-15(18)13(4)17(21-16)19-12(3)10-14-8-6-5-7-9-14/h5-9,11-12H,10H2,1-4H3,(H,19,20,21).